The Hall–Kier alpha value is -1.85. The number of nitrogens with zero attached hydrogens (tertiary/aromatic N) is 2. The van der Waals surface area contributed by atoms with E-state index < -0.39 is 0 Å². The molecule has 0 aliphatic carbocycles. The van der Waals surface area contributed by atoms with Crippen LogP contribution in [0.25, 0.3) is 11.5 Å². The van der Waals surface area contributed by atoms with Gasteiger partial charge in [0.2, 0.25) is 12.3 Å². The number of aromatic nitrogens is 2. The van der Waals surface area contributed by atoms with Gasteiger partial charge < -0.3 is 9.73 Å². The lowest BCUT2D eigenvalue weighted by Gasteiger charge is -2.16. The molecular weight excluding hydrogens is 306 g/mol. The van der Waals surface area contributed by atoms with E-state index in [4.69, 9.17) is 16.0 Å². The molecule has 1 atom stereocenters. The molecule has 2 heterocycles. The maximum atomic E-state index is 5.99. The van der Waals surface area contributed by atoms with Gasteiger partial charge in [0, 0.05) is 17.3 Å². The summed E-state index contributed by atoms with van der Waals surface area (Å²) in [4.78, 5) is 0. The van der Waals surface area contributed by atoms with Crippen LogP contribution in [0.5, 0.6) is 0 Å². The topological polar surface area (TPSA) is 51.0 Å². The third kappa shape index (κ3) is 3.09. The molecular formula is C15H14ClN3OS. The monoisotopic (exact) mass is 319 g/mol. The number of benzene rings is 1. The third-order valence-corrected chi connectivity index (χ3v) is 4.41. The van der Waals surface area contributed by atoms with Crippen molar-refractivity contribution in [3.63, 3.8) is 0 Å². The van der Waals surface area contributed by atoms with Crippen LogP contribution in [0, 0.1) is 6.92 Å². The van der Waals surface area contributed by atoms with Crippen LogP contribution in [0.15, 0.2) is 40.5 Å². The zero-order valence-corrected chi connectivity index (χ0v) is 13.2. The van der Waals surface area contributed by atoms with E-state index in [0.717, 1.165) is 21.2 Å². The number of hydrogen-bond acceptors (Lipinski definition) is 5. The molecule has 0 bridgehead atoms. The Morgan fingerprint density at radius 3 is 2.86 bits per heavy atom. The van der Waals surface area contributed by atoms with Crippen LogP contribution in [0.3, 0.4) is 0 Å². The van der Waals surface area contributed by atoms with Crippen molar-refractivity contribution >= 4 is 28.6 Å². The fraction of sp³-hybridized carbons (Fsp3) is 0.200. The lowest BCUT2D eigenvalue weighted by molar-refractivity contribution is 0.568. The summed E-state index contributed by atoms with van der Waals surface area (Å²) < 4.78 is 6.04. The molecule has 0 saturated heterocycles. The molecule has 3 rings (SSSR count). The number of anilines is 1. The lowest BCUT2D eigenvalue weighted by atomic mass is 10.1. The van der Waals surface area contributed by atoms with Crippen LogP contribution in [0.2, 0.25) is 4.34 Å². The van der Waals surface area contributed by atoms with Gasteiger partial charge in [-0.3, -0.25) is 0 Å². The van der Waals surface area contributed by atoms with E-state index >= 15 is 0 Å². The molecule has 4 nitrogen and oxygen atoms in total. The lowest BCUT2D eigenvalue weighted by Crippen LogP contribution is -2.06. The minimum Gasteiger partial charge on any atom is -0.423 e. The van der Waals surface area contributed by atoms with E-state index in [-0.39, 0.29) is 6.04 Å². The van der Waals surface area contributed by atoms with E-state index in [0.29, 0.717) is 5.89 Å². The fourth-order valence-corrected chi connectivity index (χ4v) is 3.06. The van der Waals surface area contributed by atoms with E-state index in [1.54, 1.807) is 11.3 Å². The number of halogens is 1. The molecule has 6 heteroatoms. The first kappa shape index (κ1) is 14.1. The summed E-state index contributed by atoms with van der Waals surface area (Å²) in [6.45, 7) is 4.17. The Bertz CT molecular complexity index is 739. The maximum Gasteiger partial charge on any atom is 0.247 e. The van der Waals surface area contributed by atoms with Crippen molar-refractivity contribution in [3.8, 4) is 11.5 Å². The van der Waals surface area contributed by atoms with Gasteiger partial charge in [-0.15, -0.1) is 21.5 Å². The summed E-state index contributed by atoms with van der Waals surface area (Å²) in [5.41, 5.74) is 4.27. The van der Waals surface area contributed by atoms with Crippen molar-refractivity contribution in [3.05, 3.63) is 51.5 Å². The summed E-state index contributed by atoms with van der Waals surface area (Å²) >= 11 is 7.54. The molecule has 2 aromatic heterocycles. The van der Waals surface area contributed by atoms with Gasteiger partial charge in [-0.1, -0.05) is 17.7 Å². The average molecular weight is 320 g/mol. The second kappa shape index (κ2) is 5.87. The van der Waals surface area contributed by atoms with Crippen molar-refractivity contribution in [1.29, 1.82) is 0 Å². The predicted octanol–water partition coefficient (Wildman–Crippen LogP) is 4.93. The van der Waals surface area contributed by atoms with Crippen LogP contribution < -0.4 is 5.32 Å². The number of aryl methyl sites for hydroxylation is 1. The Morgan fingerprint density at radius 1 is 1.33 bits per heavy atom. The van der Waals surface area contributed by atoms with Crippen LogP contribution in [0.4, 0.5) is 5.69 Å². The first-order chi connectivity index (χ1) is 10.1. The van der Waals surface area contributed by atoms with Crippen molar-refractivity contribution in [2.75, 3.05) is 5.32 Å². The van der Waals surface area contributed by atoms with E-state index in [2.05, 4.69) is 34.7 Å². The molecule has 0 spiro atoms. The van der Waals surface area contributed by atoms with Gasteiger partial charge in [-0.25, -0.2) is 0 Å². The summed E-state index contributed by atoms with van der Waals surface area (Å²) in [6.07, 6.45) is 1.33. The van der Waals surface area contributed by atoms with E-state index in [9.17, 15) is 0 Å². The zero-order valence-electron chi connectivity index (χ0n) is 11.6. The fourth-order valence-electron chi connectivity index (χ4n) is 2.08. The predicted molar refractivity (Wildman–Crippen MR) is 85.8 cm³/mol. The van der Waals surface area contributed by atoms with Gasteiger partial charge in [0.15, 0.2) is 0 Å². The highest BCUT2D eigenvalue weighted by Crippen LogP contribution is 2.30. The van der Waals surface area contributed by atoms with Crippen LogP contribution in [-0.4, -0.2) is 10.2 Å². The average Bonchev–Trinajstić information content (AvgIpc) is 3.12. The SMILES string of the molecule is Cc1ccc(-c2nnco2)cc1NC(C)c1csc(Cl)c1. The van der Waals surface area contributed by atoms with Crippen molar-refractivity contribution in [2.45, 2.75) is 19.9 Å². The molecule has 3 aromatic rings. The molecule has 21 heavy (non-hydrogen) atoms. The summed E-state index contributed by atoms with van der Waals surface area (Å²) in [5, 5.41) is 13.2. The van der Waals surface area contributed by atoms with Gasteiger partial charge in [0.05, 0.1) is 4.34 Å². The molecule has 0 saturated carbocycles. The molecule has 0 amide bonds. The summed E-state index contributed by atoms with van der Waals surface area (Å²) in [5.74, 6) is 0.518. The van der Waals surface area contributed by atoms with Gasteiger partial charge in [-0.05, 0) is 48.6 Å². The van der Waals surface area contributed by atoms with Gasteiger partial charge in [-0.2, -0.15) is 0 Å². The Kier molecular flexibility index (Phi) is 3.94. The molecule has 1 unspecified atom stereocenters. The first-order valence-corrected chi connectivity index (χ1v) is 7.77. The Balaban J connectivity index is 1.86. The highest BCUT2D eigenvalue weighted by Gasteiger charge is 2.11. The standard InChI is InChI=1S/C15H14ClN3OS/c1-9-3-4-11(15-19-17-8-20-15)5-13(9)18-10(2)12-6-14(16)21-7-12/h3-8,10,18H,1-2H3. The molecule has 0 radical (unpaired) electrons. The van der Waals surface area contributed by atoms with Gasteiger partial charge in [0.25, 0.3) is 0 Å². The van der Waals surface area contributed by atoms with E-state index in [1.165, 1.54) is 12.0 Å². The second-order valence-electron chi connectivity index (χ2n) is 4.82. The summed E-state index contributed by atoms with van der Waals surface area (Å²) in [6, 6.07) is 8.19. The van der Waals surface area contributed by atoms with Gasteiger partial charge >= 0.3 is 0 Å². The highest BCUT2D eigenvalue weighted by molar-refractivity contribution is 7.14. The minimum absolute atomic E-state index is 0.172. The van der Waals surface area contributed by atoms with Crippen molar-refractivity contribution in [1.82, 2.24) is 10.2 Å². The van der Waals surface area contributed by atoms with Crippen molar-refractivity contribution < 1.29 is 4.42 Å². The normalized spacial score (nSPS) is 12.3. The van der Waals surface area contributed by atoms with Gasteiger partial charge in [0.1, 0.15) is 0 Å². The minimum atomic E-state index is 0.172. The quantitative estimate of drug-likeness (QED) is 0.740. The highest BCUT2D eigenvalue weighted by atomic mass is 35.5. The summed E-state index contributed by atoms with van der Waals surface area (Å²) in [7, 11) is 0. The Morgan fingerprint density at radius 2 is 2.19 bits per heavy atom. The molecule has 0 aliphatic rings. The van der Waals surface area contributed by atoms with Crippen LogP contribution >= 0.6 is 22.9 Å². The number of rotatable bonds is 4. The van der Waals surface area contributed by atoms with Crippen molar-refractivity contribution in [2.24, 2.45) is 0 Å². The number of hydrogen-bond donors (Lipinski definition) is 1. The molecule has 0 aliphatic heterocycles. The van der Waals surface area contributed by atoms with Crippen LogP contribution in [0.1, 0.15) is 24.1 Å². The maximum absolute atomic E-state index is 5.99. The molecule has 1 N–H and O–H groups in total. The largest absolute Gasteiger partial charge is 0.423 e. The van der Waals surface area contributed by atoms with E-state index in [1.807, 2.05) is 24.3 Å². The smallest absolute Gasteiger partial charge is 0.247 e. The first-order valence-electron chi connectivity index (χ1n) is 6.51. The second-order valence-corrected chi connectivity index (χ2v) is 6.37. The van der Waals surface area contributed by atoms with Crippen LogP contribution in [-0.2, 0) is 0 Å². The molecule has 108 valence electrons. The molecule has 1 aromatic carbocycles. The zero-order chi connectivity index (χ0) is 14.8. The number of thiophene rings is 1. The third-order valence-electron chi connectivity index (χ3n) is 3.30. The Labute approximate surface area is 131 Å². The number of nitrogens with one attached hydrogen (secondary N) is 1. The molecule has 0 fully saturated rings.